The number of ether oxygens (including phenoxy) is 2. The van der Waals surface area contributed by atoms with Crippen molar-refractivity contribution < 1.29 is 33.3 Å². The Morgan fingerprint density at radius 2 is 1.93 bits per heavy atom. The van der Waals surface area contributed by atoms with Crippen LogP contribution in [0.15, 0.2) is 63.8 Å². The number of hydrogen-bond acceptors (Lipinski definition) is 12. The molecule has 0 fully saturated rings. The number of phenols is 1. The number of carboxylic acid groups (broad SMARTS) is 1. The van der Waals surface area contributed by atoms with E-state index in [4.69, 9.17) is 31.5 Å². The zero-order valence-corrected chi connectivity index (χ0v) is 23.0. The van der Waals surface area contributed by atoms with Gasteiger partial charge in [0.2, 0.25) is 11.6 Å². The van der Waals surface area contributed by atoms with Crippen molar-refractivity contribution in [1.82, 2.24) is 19.9 Å². The number of carboxylic acids is 1. The van der Waals surface area contributed by atoms with Gasteiger partial charge in [-0.15, -0.1) is 0 Å². The summed E-state index contributed by atoms with van der Waals surface area (Å²) in [4.78, 5) is 29.8. The molecule has 0 saturated heterocycles. The van der Waals surface area contributed by atoms with E-state index >= 15 is 4.39 Å². The molecule has 5 rings (SSSR count). The monoisotopic (exact) mass is 608 g/mol. The molecule has 220 valence electrons. The standard InChI is InChI=1S/C27H22F2N8O5S/c1-37-7-6-33-24(37)14-9-13(43-27-35-10-15(26(39)40)23(32)36-27)3-5-18(14)41-21-16(28)11-34-25(20(21)29)42-19-8-12(22(30)31)2-4-17(19)38/h2-6,8-11,24,38H,7H2,1H3,(H3,30,31)(H,39,40)(H2,32,35,36). The van der Waals surface area contributed by atoms with Gasteiger partial charge in [-0.25, -0.2) is 24.1 Å². The first-order valence-electron chi connectivity index (χ1n) is 12.3. The first-order chi connectivity index (χ1) is 20.5. The lowest BCUT2D eigenvalue weighted by atomic mass is 10.1. The van der Waals surface area contributed by atoms with E-state index in [9.17, 15) is 14.3 Å². The van der Waals surface area contributed by atoms with Crippen LogP contribution < -0.4 is 20.9 Å². The average molecular weight is 609 g/mol. The minimum atomic E-state index is -1.29. The molecule has 1 unspecified atom stereocenters. The second-order valence-corrected chi connectivity index (χ2v) is 10.1. The summed E-state index contributed by atoms with van der Waals surface area (Å²) in [6.07, 6.45) is 2.92. The number of pyridine rings is 1. The summed E-state index contributed by atoms with van der Waals surface area (Å²) < 4.78 is 41.6. The third-order valence-electron chi connectivity index (χ3n) is 6.12. The molecule has 0 spiro atoms. The summed E-state index contributed by atoms with van der Waals surface area (Å²) in [5.74, 6) is -6.29. The van der Waals surface area contributed by atoms with Crippen molar-refractivity contribution in [2.24, 2.45) is 10.7 Å². The summed E-state index contributed by atoms with van der Waals surface area (Å²) in [6.45, 7) is 0.510. The lowest BCUT2D eigenvalue weighted by molar-refractivity contribution is 0.0697. The van der Waals surface area contributed by atoms with Gasteiger partial charge >= 0.3 is 5.97 Å². The highest BCUT2D eigenvalue weighted by Gasteiger charge is 2.27. The van der Waals surface area contributed by atoms with Crippen LogP contribution in [0.4, 0.5) is 14.6 Å². The summed E-state index contributed by atoms with van der Waals surface area (Å²) in [5, 5.41) is 27.0. The first kappa shape index (κ1) is 29.2. The van der Waals surface area contributed by atoms with E-state index in [0.717, 1.165) is 18.0 Å². The Hall–Kier alpha value is -5.35. The maximum absolute atomic E-state index is 15.6. The maximum Gasteiger partial charge on any atom is 0.341 e. The van der Waals surface area contributed by atoms with Crippen molar-refractivity contribution in [3.8, 4) is 28.9 Å². The topological polar surface area (TPSA) is 206 Å². The van der Waals surface area contributed by atoms with E-state index in [1.807, 2.05) is 4.90 Å². The molecule has 0 aliphatic carbocycles. The number of hydrogen-bond donors (Lipinski definition) is 5. The van der Waals surface area contributed by atoms with E-state index in [0.29, 0.717) is 23.2 Å². The molecular weight excluding hydrogens is 586 g/mol. The summed E-state index contributed by atoms with van der Waals surface area (Å²) in [7, 11) is 1.80. The van der Waals surface area contributed by atoms with Crippen molar-refractivity contribution >= 4 is 35.6 Å². The smallest absolute Gasteiger partial charge is 0.341 e. The normalized spacial score (nSPS) is 14.5. The van der Waals surface area contributed by atoms with Crippen LogP contribution >= 0.6 is 11.8 Å². The van der Waals surface area contributed by atoms with Crippen LogP contribution in [0.2, 0.25) is 0 Å². The lowest BCUT2D eigenvalue weighted by Gasteiger charge is -2.22. The lowest BCUT2D eigenvalue weighted by Crippen LogP contribution is -2.19. The first-order valence-corrected chi connectivity index (χ1v) is 13.1. The van der Waals surface area contributed by atoms with E-state index in [-0.39, 0.29) is 45.2 Å². The van der Waals surface area contributed by atoms with E-state index in [1.165, 1.54) is 24.3 Å². The van der Waals surface area contributed by atoms with Crippen molar-refractivity contribution in [3.63, 3.8) is 0 Å². The van der Waals surface area contributed by atoms with Gasteiger partial charge in [0.05, 0.1) is 6.20 Å². The maximum atomic E-state index is 15.6. The number of rotatable bonds is 9. The molecule has 2 aromatic heterocycles. The molecular formula is C27H22F2N8O5S. The zero-order chi connectivity index (χ0) is 30.8. The molecule has 13 nitrogen and oxygen atoms in total. The number of nitrogens with two attached hydrogens (primary N) is 2. The van der Waals surface area contributed by atoms with E-state index in [1.54, 1.807) is 25.4 Å². The third kappa shape index (κ3) is 6.14. The van der Waals surface area contributed by atoms with Crippen molar-refractivity contribution in [1.29, 1.82) is 5.41 Å². The number of benzene rings is 2. The number of nitrogens with zero attached hydrogens (tertiary/aromatic N) is 5. The number of carbonyl (C=O) groups is 1. The van der Waals surface area contributed by atoms with Crippen molar-refractivity contribution in [2.45, 2.75) is 16.2 Å². The second-order valence-electron chi connectivity index (χ2n) is 9.06. The Morgan fingerprint density at radius 3 is 2.60 bits per heavy atom. The molecule has 43 heavy (non-hydrogen) atoms. The predicted octanol–water partition coefficient (Wildman–Crippen LogP) is 4.17. The Labute approximate surface area is 246 Å². The quantitative estimate of drug-likeness (QED) is 0.103. The van der Waals surface area contributed by atoms with Gasteiger partial charge in [-0.05, 0) is 55.2 Å². The Bertz CT molecular complexity index is 1790. The molecule has 0 radical (unpaired) electrons. The zero-order valence-electron chi connectivity index (χ0n) is 22.2. The molecule has 3 heterocycles. The van der Waals surface area contributed by atoms with Crippen molar-refractivity contribution in [2.75, 3.05) is 19.3 Å². The number of phenolic OH excluding ortho intramolecular Hbond substituents is 1. The number of nitrogen functional groups attached to an aromatic ring is 2. The van der Waals surface area contributed by atoms with Crippen LogP contribution in [0.5, 0.6) is 28.9 Å². The molecule has 7 N–H and O–H groups in total. The average Bonchev–Trinajstić information content (AvgIpc) is 3.39. The van der Waals surface area contributed by atoms with Crippen LogP contribution in [-0.4, -0.2) is 61.7 Å². The second kappa shape index (κ2) is 11.9. The van der Waals surface area contributed by atoms with Crippen LogP contribution in [0, 0.1) is 17.0 Å². The molecule has 1 aliphatic heterocycles. The molecule has 1 atom stereocenters. The number of aromatic nitrogens is 3. The highest BCUT2D eigenvalue weighted by atomic mass is 32.2. The van der Waals surface area contributed by atoms with Gasteiger partial charge in [0, 0.05) is 35.0 Å². The summed E-state index contributed by atoms with van der Waals surface area (Å²) >= 11 is 1.08. The predicted molar refractivity (Wildman–Crippen MR) is 151 cm³/mol. The van der Waals surface area contributed by atoms with Gasteiger partial charge in [-0.1, -0.05) is 0 Å². The summed E-state index contributed by atoms with van der Waals surface area (Å²) in [5.41, 5.74) is 11.6. The molecule has 0 saturated carbocycles. The fourth-order valence-corrected chi connectivity index (χ4v) is 4.75. The molecule has 0 bridgehead atoms. The van der Waals surface area contributed by atoms with E-state index in [2.05, 4.69) is 19.9 Å². The summed E-state index contributed by atoms with van der Waals surface area (Å²) in [6, 6.07) is 8.52. The minimum Gasteiger partial charge on any atom is -0.504 e. The minimum absolute atomic E-state index is 0.0679. The molecule has 2 aromatic carbocycles. The van der Waals surface area contributed by atoms with Crippen LogP contribution in [0.1, 0.15) is 27.7 Å². The van der Waals surface area contributed by atoms with Gasteiger partial charge in [0.15, 0.2) is 22.5 Å². The Kier molecular flexibility index (Phi) is 8.05. The van der Waals surface area contributed by atoms with Crippen LogP contribution in [0.3, 0.4) is 0 Å². The highest BCUT2D eigenvalue weighted by Crippen LogP contribution is 2.41. The molecule has 4 aromatic rings. The Morgan fingerprint density at radius 1 is 1.14 bits per heavy atom. The number of nitrogens with one attached hydrogen (secondary N) is 1. The number of anilines is 1. The van der Waals surface area contributed by atoms with Crippen LogP contribution in [-0.2, 0) is 0 Å². The number of aromatic hydroxyl groups is 1. The largest absolute Gasteiger partial charge is 0.504 e. The fraction of sp³-hybridized carbons (Fsp3) is 0.111. The molecule has 0 amide bonds. The number of aromatic carboxylic acids is 1. The molecule has 16 heteroatoms. The van der Waals surface area contributed by atoms with Crippen molar-refractivity contribution in [3.05, 3.63) is 77.1 Å². The number of aliphatic imine (C=N–C) groups is 1. The van der Waals surface area contributed by atoms with Gasteiger partial charge in [-0.2, -0.15) is 4.39 Å². The molecule has 1 aliphatic rings. The fourth-order valence-electron chi connectivity index (χ4n) is 3.96. The van der Waals surface area contributed by atoms with Gasteiger partial charge in [-0.3, -0.25) is 15.3 Å². The van der Waals surface area contributed by atoms with E-state index < -0.39 is 35.4 Å². The van der Waals surface area contributed by atoms with Crippen LogP contribution in [0.25, 0.3) is 0 Å². The number of halogens is 2. The van der Waals surface area contributed by atoms with Gasteiger partial charge < -0.3 is 31.2 Å². The third-order valence-corrected chi connectivity index (χ3v) is 6.99. The van der Waals surface area contributed by atoms with Gasteiger partial charge in [0.1, 0.15) is 29.1 Å². The number of amidine groups is 1. The Balaban J connectivity index is 1.49. The highest BCUT2D eigenvalue weighted by molar-refractivity contribution is 7.99. The van der Waals surface area contributed by atoms with Gasteiger partial charge in [0.25, 0.3) is 5.88 Å². The SMILES string of the molecule is CN1CC=NC1c1cc(Sc2ncc(C(=O)O)c(N)n2)ccc1Oc1c(F)cnc(Oc2cc(C(=N)N)ccc2O)c1F.